The van der Waals surface area contributed by atoms with Gasteiger partial charge in [0.05, 0.1) is 12.5 Å². The molecule has 0 aliphatic rings. The lowest BCUT2D eigenvalue weighted by molar-refractivity contribution is -0.141. The van der Waals surface area contributed by atoms with Crippen LogP contribution in [0.3, 0.4) is 0 Å². The van der Waals surface area contributed by atoms with Gasteiger partial charge in [0.1, 0.15) is 0 Å². The minimum absolute atomic E-state index is 0.0292. The molecule has 0 aliphatic heterocycles. The first-order valence-corrected chi connectivity index (χ1v) is 5.18. The van der Waals surface area contributed by atoms with Crippen LogP contribution in [0, 0.1) is 5.92 Å². The Bertz CT molecular complexity index is 161. The van der Waals surface area contributed by atoms with Crippen LogP contribution in [0.15, 0.2) is 0 Å². The summed E-state index contributed by atoms with van der Waals surface area (Å²) >= 11 is 0. The number of aliphatic carboxylic acids is 1. The Kier molecular flexibility index (Phi) is 7.42. The van der Waals surface area contributed by atoms with Gasteiger partial charge in [-0.05, 0) is 13.3 Å². The first-order valence-electron chi connectivity index (χ1n) is 5.18. The fraction of sp³-hybridized carbons (Fsp3) is 0.900. The number of nitrogens with one attached hydrogen (secondary N) is 1. The van der Waals surface area contributed by atoms with Crippen LogP contribution in [-0.4, -0.2) is 35.4 Å². The van der Waals surface area contributed by atoms with Crippen molar-refractivity contribution in [2.24, 2.45) is 5.92 Å². The molecule has 0 heterocycles. The predicted molar refractivity (Wildman–Crippen MR) is 55.2 cm³/mol. The molecule has 4 nitrogen and oxygen atoms in total. The van der Waals surface area contributed by atoms with E-state index in [0.29, 0.717) is 13.0 Å². The summed E-state index contributed by atoms with van der Waals surface area (Å²) in [6, 6.07) is -0.0292. The monoisotopic (exact) mass is 203 g/mol. The van der Waals surface area contributed by atoms with Gasteiger partial charge in [0.15, 0.2) is 0 Å². The van der Waals surface area contributed by atoms with Crippen molar-refractivity contribution >= 4 is 5.97 Å². The SMILES string of the molecule is CCCCC(CN[C@H](C)CO)C(=O)O. The molecule has 1 unspecified atom stereocenters. The van der Waals surface area contributed by atoms with Crippen LogP contribution in [0.4, 0.5) is 0 Å². The highest BCUT2D eigenvalue weighted by molar-refractivity contribution is 5.70. The Morgan fingerprint density at radius 2 is 2.14 bits per heavy atom. The van der Waals surface area contributed by atoms with Crippen molar-refractivity contribution < 1.29 is 15.0 Å². The maximum atomic E-state index is 10.8. The third-order valence-corrected chi connectivity index (χ3v) is 2.24. The largest absolute Gasteiger partial charge is 0.481 e. The average molecular weight is 203 g/mol. The fourth-order valence-electron chi connectivity index (χ4n) is 1.17. The van der Waals surface area contributed by atoms with Crippen LogP contribution < -0.4 is 5.32 Å². The van der Waals surface area contributed by atoms with Crippen LogP contribution in [-0.2, 0) is 4.79 Å². The van der Waals surface area contributed by atoms with E-state index in [9.17, 15) is 4.79 Å². The minimum Gasteiger partial charge on any atom is -0.481 e. The highest BCUT2D eigenvalue weighted by atomic mass is 16.4. The standard InChI is InChI=1S/C10H21NO3/c1-3-4-5-9(10(13)14)6-11-8(2)7-12/h8-9,11-12H,3-7H2,1-2H3,(H,13,14)/t8-,9?/m1/s1. The highest BCUT2D eigenvalue weighted by Crippen LogP contribution is 2.07. The van der Waals surface area contributed by atoms with E-state index in [4.69, 9.17) is 10.2 Å². The normalized spacial score (nSPS) is 15.1. The van der Waals surface area contributed by atoms with Gasteiger partial charge in [0.25, 0.3) is 0 Å². The zero-order chi connectivity index (χ0) is 11.0. The maximum Gasteiger partial charge on any atom is 0.307 e. The Balaban J connectivity index is 3.79. The van der Waals surface area contributed by atoms with Crippen molar-refractivity contribution in [3.05, 3.63) is 0 Å². The molecule has 14 heavy (non-hydrogen) atoms. The summed E-state index contributed by atoms with van der Waals surface area (Å²) in [5, 5.41) is 20.6. The molecule has 0 saturated heterocycles. The highest BCUT2D eigenvalue weighted by Gasteiger charge is 2.16. The van der Waals surface area contributed by atoms with Gasteiger partial charge in [0.2, 0.25) is 0 Å². The molecule has 3 N–H and O–H groups in total. The molecular weight excluding hydrogens is 182 g/mol. The average Bonchev–Trinajstić information content (AvgIpc) is 2.16. The number of hydrogen-bond donors (Lipinski definition) is 3. The van der Waals surface area contributed by atoms with E-state index in [0.717, 1.165) is 12.8 Å². The van der Waals surface area contributed by atoms with E-state index in [-0.39, 0.29) is 18.6 Å². The molecule has 0 bridgehead atoms. The molecule has 4 heteroatoms. The molecule has 0 rings (SSSR count). The Morgan fingerprint density at radius 3 is 2.57 bits per heavy atom. The third kappa shape index (κ3) is 5.94. The summed E-state index contributed by atoms with van der Waals surface area (Å²) in [6.45, 7) is 4.36. The zero-order valence-electron chi connectivity index (χ0n) is 8.99. The van der Waals surface area contributed by atoms with Crippen molar-refractivity contribution in [2.45, 2.75) is 39.2 Å². The fourth-order valence-corrected chi connectivity index (χ4v) is 1.17. The van der Waals surface area contributed by atoms with E-state index in [1.165, 1.54) is 0 Å². The Hall–Kier alpha value is -0.610. The molecule has 0 radical (unpaired) electrons. The molecular formula is C10H21NO3. The van der Waals surface area contributed by atoms with E-state index in [1.54, 1.807) is 0 Å². The third-order valence-electron chi connectivity index (χ3n) is 2.24. The molecule has 0 aliphatic carbocycles. The van der Waals surface area contributed by atoms with Crippen molar-refractivity contribution in [2.75, 3.05) is 13.2 Å². The quantitative estimate of drug-likeness (QED) is 0.547. The van der Waals surface area contributed by atoms with Crippen molar-refractivity contribution in [3.63, 3.8) is 0 Å². The Labute approximate surface area is 85.3 Å². The van der Waals surface area contributed by atoms with Crippen molar-refractivity contribution in [1.82, 2.24) is 5.32 Å². The molecule has 0 aromatic carbocycles. The number of carbonyl (C=O) groups is 1. The van der Waals surface area contributed by atoms with Gasteiger partial charge in [-0.25, -0.2) is 0 Å². The minimum atomic E-state index is -0.754. The predicted octanol–water partition coefficient (Wildman–Crippen LogP) is 0.848. The summed E-state index contributed by atoms with van der Waals surface area (Å²) in [5.41, 5.74) is 0. The molecule has 0 aromatic rings. The number of carboxylic acids is 1. The molecule has 0 fully saturated rings. The van der Waals surface area contributed by atoms with E-state index < -0.39 is 5.97 Å². The smallest absolute Gasteiger partial charge is 0.307 e. The van der Waals surface area contributed by atoms with E-state index >= 15 is 0 Å². The number of unbranched alkanes of at least 4 members (excludes halogenated alkanes) is 1. The molecule has 0 aromatic heterocycles. The van der Waals surface area contributed by atoms with Gasteiger partial charge >= 0.3 is 5.97 Å². The lowest BCUT2D eigenvalue weighted by Gasteiger charge is -2.16. The summed E-state index contributed by atoms with van der Waals surface area (Å²) in [4.78, 5) is 10.8. The Morgan fingerprint density at radius 1 is 1.50 bits per heavy atom. The van der Waals surface area contributed by atoms with Gasteiger partial charge in [0, 0.05) is 12.6 Å². The lowest BCUT2D eigenvalue weighted by Crippen LogP contribution is -2.36. The molecule has 0 amide bonds. The first-order chi connectivity index (χ1) is 6.61. The number of aliphatic hydroxyl groups excluding tert-OH is 1. The maximum absolute atomic E-state index is 10.8. The van der Waals surface area contributed by atoms with Gasteiger partial charge in [-0.15, -0.1) is 0 Å². The van der Waals surface area contributed by atoms with Crippen LogP contribution in [0.25, 0.3) is 0 Å². The van der Waals surface area contributed by atoms with Gasteiger partial charge in [-0.2, -0.15) is 0 Å². The zero-order valence-corrected chi connectivity index (χ0v) is 8.99. The summed E-state index contributed by atoms with van der Waals surface area (Å²) in [5.74, 6) is -1.08. The lowest BCUT2D eigenvalue weighted by atomic mass is 10.0. The summed E-state index contributed by atoms with van der Waals surface area (Å²) in [6.07, 6.45) is 2.66. The number of aliphatic hydroxyl groups is 1. The van der Waals surface area contributed by atoms with Gasteiger partial charge < -0.3 is 15.5 Å². The molecule has 2 atom stereocenters. The topological polar surface area (TPSA) is 69.6 Å². The summed E-state index contributed by atoms with van der Waals surface area (Å²) < 4.78 is 0. The second-order valence-corrected chi connectivity index (χ2v) is 3.67. The van der Waals surface area contributed by atoms with Gasteiger partial charge in [-0.3, -0.25) is 4.79 Å². The number of hydrogen-bond acceptors (Lipinski definition) is 3. The van der Waals surface area contributed by atoms with E-state index in [2.05, 4.69) is 5.32 Å². The second-order valence-electron chi connectivity index (χ2n) is 3.67. The number of carboxylic acid groups (broad SMARTS) is 1. The van der Waals surface area contributed by atoms with Crippen molar-refractivity contribution in [3.8, 4) is 0 Å². The van der Waals surface area contributed by atoms with Gasteiger partial charge in [-0.1, -0.05) is 19.8 Å². The first kappa shape index (κ1) is 13.4. The van der Waals surface area contributed by atoms with Crippen molar-refractivity contribution in [1.29, 1.82) is 0 Å². The molecule has 0 spiro atoms. The van der Waals surface area contributed by atoms with Crippen LogP contribution in [0.2, 0.25) is 0 Å². The van der Waals surface area contributed by atoms with Crippen LogP contribution in [0.1, 0.15) is 33.1 Å². The van der Waals surface area contributed by atoms with Crippen LogP contribution >= 0.6 is 0 Å². The summed E-state index contributed by atoms with van der Waals surface area (Å²) in [7, 11) is 0. The molecule has 84 valence electrons. The number of rotatable bonds is 8. The molecule has 0 saturated carbocycles. The van der Waals surface area contributed by atoms with Crippen LogP contribution in [0.5, 0.6) is 0 Å². The van der Waals surface area contributed by atoms with E-state index in [1.807, 2.05) is 13.8 Å². The second kappa shape index (κ2) is 7.76.